The number of piperazine rings is 1. The monoisotopic (exact) mass is 447 g/mol. The highest BCUT2D eigenvalue weighted by Crippen LogP contribution is 2.28. The van der Waals surface area contributed by atoms with Gasteiger partial charge in [0, 0.05) is 32.7 Å². The summed E-state index contributed by atoms with van der Waals surface area (Å²) in [5.41, 5.74) is 1.94. The summed E-state index contributed by atoms with van der Waals surface area (Å²) in [6.07, 6.45) is 0. The van der Waals surface area contributed by atoms with Crippen molar-refractivity contribution in [2.75, 3.05) is 32.7 Å². The first kappa shape index (κ1) is 23.4. The minimum atomic E-state index is -3.64. The van der Waals surface area contributed by atoms with E-state index in [1.807, 2.05) is 62.9 Å². The molecule has 31 heavy (non-hydrogen) atoms. The van der Waals surface area contributed by atoms with Gasteiger partial charge in [0.2, 0.25) is 15.9 Å². The van der Waals surface area contributed by atoms with E-state index in [1.165, 1.54) is 4.31 Å². The molecule has 9 heteroatoms. The second-order valence-corrected chi connectivity index (χ2v) is 10.9. The summed E-state index contributed by atoms with van der Waals surface area (Å²) in [4.78, 5) is 14.6. The number of amides is 1. The summed E-state index contributed by atoms with van der Waals surface area (Å²) in [6, 6.07) is 9.76. The van der Waals surface area contributed by atoms with E-state index in [1.54, 1.807) is 11.6 Å². The van der Waals surface area contributed by atoms with Crippen molar-refractivity contribution in [2.45, 2.75) is 51.6 Å². The van der Waals surface area contributed by atoms with Gasteiger partial charge in [-0.3, -0.25) is 14.4 Å². The van der Waals surface area contributed by atoms with E-state index in [0.717, 1.165) is 5.56 Å². The maximum atomic E-state index is 13.3. The Morgan fingerprint density at radius 1 is 1.06 bits per heavy atom. The number of aryl methyl sites for hydroxylation is 1. The quantitative estimate of drug-likeness (QED) is 0.731. The fraction of sp³-hybridized carbons (Fsp3) is 0.545. The fourth-order valence-electron chi connectivity index (χ4n) is 3.97. The van der Waals surface area contributed by atoms with E-state index in [-0.39, 0.29) is 18.0 Å². The van der Waals surface area contributed by atoms with Crippen LogP contribution in [0.4, 0.5) is 0 Å². The molecule has 0 atom stereocenters. The minimum Gasteiger partial charge on any atom is -0.351 e. The van der Waals surface area contributed by atoms with Gasteiger partial charge < -0.3 is 5.32 Å². The van der Waals surface area contributed by atoms with Gasteiger partial charge in [0.15, 0.2) is 0 Å². The van der Waals surface area contributed by atoms with E-state index >= 15 is 0 Å². The zero-order valence-electron chi connectivity index (χ0n) is 19.1. The molecule has 1 aliphatic heterocycles. The maximum Gasteiger partial charge on any atom is 0.246 e. The molecule has 0 spiro atoms. The van der Waals surface area contributed by atoms with E-state index < -0.39 is 10.0 Å². The molecule has 8 nitrogen and oxygen atoms in total. The van der Waals surface area contributed by atoms with Gasteiger partial charge in [-0.25, -0.2) is 8.42 Å². The zero-order valence-corrected chi connectivity index (χ0v) is 19.9. The average Bonchev–Trinajstić information content (AvgIpc) is 3.03. The fourth-order valence-corrected chi connectivity index (χ4v) is 5.74. The van der Waals surface area contributed by atoms with Crippen molar-refractivity contribution in [2.24, 2.45) is 0 Å². The first-order valence-electron chi connectivity index (χ1n) is 10.6. The average molecular weight is 448 g/mol. The van der Waals surface area contributed by atoms with Crippen molar-refractivity contribution in [3.63, 3.8) is 0 Å². The Kier molecular flexibility index (Phi) is 6.88. The number of hydrogen-bond acceptors (Lipinski definition) is 5. The molecule has 2 heterocycles. The van der Waals surface area contributed by atoms with Gasteiger partial charge in [-0.05, 0) is 40.2 Å². The number of hydrogen-bond donors (Lipinski definition) is 1. The first-order chi connectivity index (χ1) is 14.5. The third kappa shape index (κ3) is 5.34. The Morgan fingerprint density at radius 3 is 2.23 bits per heavy atom. The molecule has 0 bridgehead atoms. The van der Waals surface area contributed by atoms with Crippen LogP contribution in [0.25, 0.3) is 0 Å². The molecule has 0 saturated carbocycles. The molecule has 3 rings (SSSR count). The summed E-state index contributed by atoms with van der Waals surface area (Å²) in [6.45, 7) is 12.1. The van der Waals surface area contributed by atoms with Gasteiger partial charge in [-0.15, -0.1) is 0 Å². The van der Waals surface area contributed by atoms with Gasteiger partial charge in [0.05, 0.1) is 23.5 Å². The van der Waals surface area contributed by atoms with Gasteiger partial charge in [0.1, 0.15) is 4.90 Å². The van der Waals surface area contributed by atoms with Crippen LogP contribution in [-0.4, -0.2) is 66.0 Å². The molecule has 1 aromatic heterocycles. The van der Waals surface area contributed by atoms with Crippen molar-refractivity contribution < 1.29 is 13.2 Å². The number of rotatable bonds is 6. The van der Waals surface area contributed by atoms with Crippen LogP contribution in [0.2, 0.25) is 0 Å². The SMILES string of the molecule is Cc1nn(C(C)(C)C)c(C)c1S(=O)(=O)N1CCN(CC(=O)NCc2ccccc2)CC1. The van der Waals surface area contributed by atoms with Crippen LogP contribution in [0, 0.1) is 13.8 Å². The second-order valence-electron chi connectivity index (χ2n) is 9.03. The predicted octanol–water partition coefficient (Wildman–Crippen LogP) is 1.88. The number of nitrogens with zero attached hydrogens (tertiary/aromatic N) is 4. The van der Waals surface area contributed by atoms with Gasteiger partial charge >= 0.3 is 0 Å². The van der Waals surface area contributed by atoms with E-state index in [4.69, 9.17) is 0 Å². The predicted molar refractivity (Wildman–Crippen MR) is 120 cm³/mol. The van der Waals surface area contributed by atoms with Gasteiger partial charge in [-0.1, -0.05) is 30.3 Å². The standard InChI is InChI=1S/C22H33N5O3S/c1-17-21(18(2)27(24-17)22(3,4)5)31(29,30)26-13-11-25(12-14-26)16-20(28)23-15-19-9-7-6-8-10-19/h6-10H,11-16H2,1-5H3,(H,23,28). The molecule has 1 fully saturated rings. The molecule has 1 aromatic carbocycles. The second kappa shape index (κ2) is 9.10. The molecule has 1 aliphatic rings. The summed E-state index contributed by atoms with van der Waals surface area (Å²) in [5.74, 6) is -0.0571. The van der Waals surface area contributed by atoms with Crippen molar-refractivity contribution >= 4 is 15.9 Å². The Balaban J connectivity index is 1.59. The Hall–Kier alpha value is -2.23. The van der Waals surface area contributed by atoms with Crippen LogP contribution in [-0.2, 0) is 26.9 Å². The molecule has 0 unspecified atom stereocenters. The summed E-state index contributed by atoms with van der Waals surface area (Å²) >= 11 is 0. The van der Waals surface area contributed by atoms with Crippen LogP contribution < -0.4 is 5.32 Å². The highest BCUT2D eigenvalue weighted by molar-refractivity contribution is 7.89. The van der Waals surface area contributed by atoms with Crippen molar-refractivity contribution in [3.8, 4) is 0 Å². The highest BCUT2D eigenvalue weighted by atomic mass is 32.2. The normalized spacial score (nSPS) is 16.4. The number of benzene rings is 1. The summed E-state index contributed by atoms with van der Waals surface area (Å²) < 4.78 is 30.0. The van der Waals surface area contributed by atoms with Gasteiger partial charge in [-0.2, -0.15) is 9.40 Å². The molecule has 0 radical (unpaired) electrons. The molecular weight excluding hydrogens is 414 g/mol. The largest absolute Gasteiger partial charge is 0.351 e. The molecule has 0 aliphatic carbocycles. The minimum absolute atomic E-state index is 0.0571. The molecule has 1 amide bonds. The van der Waals surface area contributed by atoms with E-state index in [2.05, 4.69) is 10.4 Å². The molecular formula is C22H33N5O3S. The van der Waals surface area contributed by atoms with Crippen LogP contribution >= 0.6 is 0 Å². The molecule has 1 saturated heterocycles. The third-order valence-corrected chi connectivity index (χ3v) is 7.64. The maximum absolute atomic E-state index is 13.3. The highest BCUT2D eigenvalue weighted by Gasteiger charge is 2.34. The van der Waals surface area contributed by atoms with Crippen LogP contribution in [0.5, 0.6) is 0 Å². The lowest BCUT2D eigenvalue weighted by Gasteiger charge is -2.33. The van der Waals surface area contributed by atoms with Gasteiger partial charge in [0.25, 0.3) is 0 Å². The molecule has 170 valence electrons. The third-order valence-electron chi connectivity index (χ3n) is 5.49. The molecule has 1 N–H and O–H groups in total. The number of carbonyl (C=O) groups is 1. The lowest BCUT2D eigenvalue weighted by molar-refractivity contribution is -0.122. The van der Waals surface area contributed by atoms with Crippen LogP contribution in [0.1, 0.15) is 37.7 Å². The van der Waals surface area contributed by atoms with Crippen LogP contribution in [0.15, 0.2) is 35.2 Å². The zero-order chi connectivity index (χ0) is 22.8. The topological polar surface area (TPSA) is 87.5 Å². The number of carbonyl (C=O) groups excluding carboxylic acids is 1. The number of sulfonamides is 1. The first-order valence-corrected chi connectivity index (χ1v) is 12.0. The van der Waals surface area contributed by atoms with Crippen molar-refractivity contribution in [3.05, 3.63) is 47.3 Å². The lowest BCUT2D eigenvalue weighted by Crippen LogP contribution is -2.51. The van der Waals surface area contributed by atoms with Crippen LogP contribution in [0.3, 0.4) is 0 Å². The van der Waals surface area contributed by atoms with E-state index in [0.29, 0.717) is 49.0 Å². The Bertz CT molecular complexity index is 1020. The van der Waals surface area contributed by atoms with E-state index in [9.17, 15) is 13.2 Å². The number of nitrogens with one attached hydrogen (secondary N) is 1. The summed E-state index contributed by atoms with van der Waals surface area (Å²) in [5, 5.41) is 7.41. The lowest BCUT2D eigenvalue weighted by atomic mass is 10.1. The smallest absolute Gasteiger partial charge is 0.246 e. The molecule has 2 aromatic rings. The van der Waals surface area contributed by atoms with Crippen molar-refractivity contribution in [1.82, 2.24) is 24.3 Å². The summed E-state index contributed by atoms with van der Waals surface area (Å²) in [7, 11) is -3.64. The van der Waals surface area contributed by atoms with Crippen molar-refractivity contribution in [1.29, 1.82) is 0 Å². The Labute approximate surface area is 185 Å². The Morgan fingerprint density at radius 2 is 1.68 bits per heavy atom. The number of aromatic nitrogens is 2.